The number of fused-ring (bicyclic) bond motifs is 1. The molecule has 4 rings (SSSR count). The van der Waals surface area contributed by atoms with Crippen molar-refractivity contribution in [2.75, 3.05) is 12.8 Å². The van der Waals surface area contributed by atoms with Gasteiger partial charge in [0.05, 0.1) is 11.6 Å². The van der Waals surface area contributed by atoms with Gasteiger partial charge in [-0.1, -0.05) is 0 Å². The first-order chi connectivity index (χ1) is 13.2. The molecule has 0 aromatic carbocycles. The highest BCUT2D eigenvalue weighted by Gasteiger charge is 2.56. The molecule has 1 saturated carbocycles. The van der Waals surface area contributed by atoms with Crippen LogP contribution in [0.5, 0.6) is 0 Å². The first-order valence-corrected chi connectivity index (χ1v) is 9.13. The second kappa shape index (κ2) is 6.45. The molecule has 0 unspecified atom stereocenters. The van der Waals surface area contributed by atoms with Crippen molar-refractivity contribution in [3.8, 4) is 11.4 Å². The van der Waals surface area contributed by atoms with E-state index in [1.807, 2.05) is 0 Å². The molecule has 0 amide bonds. The summed E-state index contributed by atoms with van der Waals surface area (Å²) in [6.45, 7) is 0. The molecule has 3 heterocycles. The van der Waals surface area contributed by atoms with Gasteiger partial charge in [-0.2, -0.15) is 18.3 Å². The third-order valence-corrected chi connectivity index (χ3v) is 5.95. The number of azo groups is 1. The lowest BCUT2D eigenvalue weighted by Crippen LogP contribution is -2.46. The number of thiophene rings is 1. The molecule has 3 N–H and O–H groups in total. The summed E-state index contributed by atoms with van der Waals surface area (Å²) in [4.78, 5) is 13.9. The monoisotopic (exact) mass is 408 g/mol. The molecule has 0 aliphatic heterocycles. The van der Waals surface area contributed by atoms with Crippen molar-refractivity contribution >= 4 is 33.1 Å². The molecule has 1 aliphatic carbocycles. The molecule has 0 saturated heterocycles. The Labute approximate surface area is 161 Å². The van der Waals surface area contributed by atoms with Crippen molar-refractivity contribution in [2.24, 2.45) is 16.1 Å². The summed E-state index contributed by atoms with van der Waals surface area (Å²) in [5.74, 6) is -0.816. The van der Waals surface area contributed by atoms with E-state index in [-0.39, 0.29) is 18.7 Å². The van der Waals surface area contributed by atoms with E-state index in [0.717, 1.165) is 11.3 Å². The minimum absolute atomic E-state index is 0.289. The molecule has 1 aliphatic rings. The zero-order chi connectivity index (χ0) is 20.1. The van der Waals surface area contributed by atoms with Crippen LogP contribution in [0.4, 0.5) is 24.7 Å². The fourth-order valence-corrected chi connectivity index (χ4v) is 4.28. The number of hydrogen-bond donors (Lipinski definition) is 2. The first kappa shape index (κ1) is 18.7. The molecule has 146 valence electrons. The third kappa shape index (κ3) is 3.20. The Morgan fingerprint density at radius 3 is 2.64 bits per heavy atom. The summed E-state index contributed by atoms with van der Waals surface area (Å²) < 4.78 is 38.3. The number of nitrogens with two attached hydrogens (primary N) is 1. The van der Waals surface area contributed by atoms with Crippen LogP contribution < -0.4 is 5.73 Å². The molecular weight excluding hydrogens is 393 g/mol. The number of alkyl halides is 3. The summed E-state index contributed by atoms with van der Waals surface area (Å²) >= 11 is 1.16. The minimum Gasteiger partial charge on any atom is -0.396 e. The van der Waals surface area contributed by atoms with Crippen LogP contribution >= 0.6 is 11.3 Å². The van der Waals surface area contributed by atoms with E-state index >= 15 is 0 Å². The largest absolute Gasteiger partial charge is 0.396 e. The molecule has 11 heteroatoms. The zero-order valence-corrected chi connectivity index (χ0v) is 15.4. The predicted octanol–water partition coefficient (Wildman–Crippen LogP) is 4.21. The van der Waals surface area contributed by atoms with Gasteiger partial charge in [-0.25, -0.2) is 15.0 Å². The Hall–Kier alpha value is -2.66. The maximum atomic E-state index is 12.8. The average molecular weight is 408 g/mol. The number of halogens is 3. The summed E-state index contributed by atoms with van der Waals surface area (Å²) in [6.07, 6.45) is -1.87. The number of hydrogen-bond acceptors (Lipinski definition) is 8. The molecule has 0 radical (unpaired) electrons. The van der Waals surface area contributed by atoms with Gasteiger partial charge in [-0.05, 0) is 25.0 Å². The van der Waals surface area contributed by atoms with E-state index in [9.17, 15) is 18.3 Å². The second-order valence-corrected chi connectivity index (χ2v) is 7.71. The lowest BCUT2D eigenvalue weighted by Gasteiger charge is -2.43. The highest BCUT2D eigenvalue weighted by Crippen LogP contribution is 2.54. The van der Waals surface area contributed by atoms with E-state index in [4.69, 9.17) is 5.73 Å². The van der Waals surface area contributed by atoms with Crippen molar-refractivity contribution in [3.05, 3.63) is 29.4 Å². The number of aliphatic hydroxyl groups is 1. The maximum Gasteiger partial charge on any atom is 0.392 e. The molecule has 0 bridgehead atoms. The first-order valence-electron chi connectivity index (χ1n) is 8.31. The minimum atomic E-state index is -4.29. The second-order valence-electron chi connectivity index (χ2n) is 6.68. The van der Waals surface area contributed by atoms with Crippen LogP contribution in [0.15, 0.2) is 34.8 Å². The van der Waals surface area contributed by atoms with Gasteiger partial charge < -0.3 is 10.8 Å². The van der Waals surface area contributed by atoms with Crippen LogP contribution in [-0.4, -0.2) is 33.3 Å². The summed E-state index contributed by atoms with van der Waals surface area (Å²) in [6, 6.07) is 3.27. The van der Waals surface area contributed by atoms with E-state index in [0.29, 0.717) is 32.2 Å². The molecule has 28 heavy (non-hydrogen) atoms. The van der Waals surface area contributed by atoms with Gasteiger partial charge >= 0.3 is 6.18 Å². The Bertz CT molecular complexity index is 1070. The van der Waals surface area contributed by atoms with Crippen LogP contribution in [0.25, 0.3) is 21.6 Å². The van der Waals surface area contributed by atoms with E-state index in [1.165, 1.54) is 13.2 Å². The van der Waals surface area contributed by atoms with Crippen LogP contribution in [0.3, 0.4) is 0 Å². The van der Waals surface area contributed by atoms with Gasteiger partial charge in [0.2, 0.25) is 0 Å². The van der Waals surface area contributed by atoms with Gasteiger partial charge in [0.1, 0.15) is 10.4 Å². The summed E-state index contributed by atoms with van der Waals surface area (Å²) in [7, 11) is 1.51. The van der Waals surface area contributed by atoms with Crippen molar-refractivity contribution < 1.29 is 18.3 Å². The maximum absolute atomic E-state index is 12.8. The lowest BCUT2D eigenvalue weighted by atomic mass is 9.70. The van der Waals surface area contributed by atoms with Gasteiger partial charge in [0, 0.05) is 35.3 Å². The van der Waals surface area contributed by atoms with Crippen molar-refractivity contribution in [1.29, 1.82) is 0 Å². The Kier molecular flexibility index (Phi) is 4.31. The summed E-state index contributed by atoms with van der Waals surface area (Å²) in [5.41, 5.74) is 5.32. The smallest absolute Gasteiger partial charge is 0.392 e. The number of nitrogens with zero attached hydrogens (tertiary/aromatic N) is 5. The number of pyridine rings is 1. The van der Waals surface area contributed by atoms with E-state index in [2.05, 4.69) is 25.2 Å². The van der Waals surface area contributed by atoms with Crippen LogP contribution in [0, 0.1) is 5.92 Å². The molecule has 0 spiro atoms. The van der Waals surface area contributed by atoms with Crippen LogP contribution in [0.2, 0.25) is 0 Å². The zero-order valence-electron chi connectivity index (χ0n) is 14.6. The Morgan fingerprint density at radius 1 is 1.25 bits per heavy atom. The van der Waals surface area contributed by atoms with Crippen LogP contribution in [-0.2, 0) is 5.60 Å². The Morgan fingerprint density at radius 2 is 2.00 bits per heavy atom. The number of rotatable bonds is 3. The molecule has 7 nitrogen and oxygen atoms in total. The number of anilines is 1. The number of nitrogen functional groups attached to an aromatic ring is 1. The molecule has 0 atom stereocenters. The van der Waals surface area contributed by atoms with E-state index < -0.39 is 17.7 Å². The molecular formula is C17H15F3N6OS. The fraction of sp³-hybridized carbons (Fsp3) is 0.353. The quantitative estimate of drug-likeness (QED) is 0.631. The van der Waals surface area contributed by atoms with Crippen LogP contribution in [0.1, 0.15) is 17.7 Å². The topological polar surface area (TPSA) is 110 Å². The highest BCUT2D eigenvalue weighted by molar-refractivity contribution is 7.18. The van der Waals surface area contributed by atoms with E-state index in [1.54, 1.807) is 18.3 Å². The molecule has 3 aromatic rings. The molecule has 1 fully saturated rings. The lowest BCUT2D eigenvalue weighted by molar-refractivity contribution is -0.241. The van der Waals surface area contributed by atoms with Gasteiger partial charge in [0.25, 0.3) is 0 Å². The van der Waals surface area contributed by atoms with Crippen molar-refractivity contribution in [3.63, 3.8) is 0 Å². The summed E-state index contributed by atoms with van der Waals surface area (Å²) in [5, 5.41) is 18.6. The van der Waals surface area contributed by atoms with Gasteiger partial charge in [-0.3, -0.25) is 0 Å². The highest BCUT2D eigenvalue weighted by atomic mass is 32.1. The Balaban J connectivity index is 1.64. The van der Waals surface area contributed by atoms with Crippen molar-refractivity contribution in [1.82, 2.24) is 15.0 Å². The van der Waals surface area contributed by atoms with Gasteiger partial charge in [-0.15, -0.1) is 16.5 Å². The number of aromatic nitrogens is 3. The average Bonchev–Trinajstić information content (AvgIpc) is 3.03. The molecule has 3 aromatic heterocycles. The SMILES string of the molecule is CN=Nc1ncc(-c2ncc3cc(C4(O)CC(C(F)(F)F)C4)sc3n2)cc1N. The standard InChI is InChI=1S/C17H15F3N6OS/c1-22-26-14-11(21)2-8(6-24-14)13-23-7-9-3-12(28-15(9)25-13)16(27)4-10(5-16)17(18,19)20/h2-3,6-7,10,27H,4-5,21H2,1H3. The predicted molar refractivity (Wildman–Crippen MR) is 98.2 cm³/mol. The third-order valence-electron chi connectivity index (χ3n) is 4.71. The van der Waals surface area contributed by atoms with Gasteiger partial charge in [0.15, 0.2) is 11.6 Å². The normalized spacial score (nSPS) is 22.7. The van der Waals surface area contributed by atoms with Crippen molar-refractivity contribution in [2.45, 2.75) is 24.6 Å². The fourth-order valence-electron chi connectivity index (χ4n) is 3.16.